The van der Waals surface area contributed by atoms with Crippen LogP contribution in [0.5, 0.6) is 0 Å². The first-order chi connectivity index (χ1) is 11.6. The molecule has 0 aliphatic heterocycles. The van der Waals surface area contributed by atoms with Gasteiger partial charge in [-0.1, -0.05) is 18.2 Å². The SMILES string of the molecule is CCOC(=O)C(C#N)=Cc1ccc(NC(=O)c2ccccn2)cc1. The molecule has 1 aromatic carbocycles. The standard InChI is InChI=1S/C18H15N3O3/c1-2-24-18(23)14(12-19)11-13-6-8-15(9-7-13)21-17(22)16-5-3-4-10-20-16/h3-11H,2H2,1H3,(H,21,22). The van der Waals surface area contributed by atoms with E-state index < -0.39 is 5.97 Å². The first-order valence-electron chi connectivity index (χ1n) is 7.25. The molecule has 1 heterocycles. The van der Waals surface area contributed by atoms with E-state index in [4.69, 9.17) is 10.00 Å². The molecule has 0 aliphatic carbocycles. The highest BCUT2D eigenvalue weighted by Gasteiger charge is 2.10. The number of carbonyl (C=O) groups excluding carboxylic acids is 2. The largest absolute Gasteiger partial charge is 0.462 e. The molecular formula is C18H15N3O3. The lowest BCUT2D eigenvalue weighted by Crippen LogP contribution is -2.13. The Hall–Kier alpha value is -3.46. The van der Waals surface area contributed by atoms with Crippen LogP contribution in [0.15, 0.2) is 54.2 Å². The lowest BCUT2D eigenvalue weighted by atomic mass is 10.1. The summed E-state index contributed by atoms with van der Waals surface area (Å²) >= 11 is 0. The number of nitriles is 1. The fourth-order valence-electron chi connectivity index (χ4n) is 1.87. The Kier molecular flexibility index (Phi) is 5.81. The molecule has 0 aliphatic rings. The topological polar surface area (TPSA) is 92.1 Å². The van der Waals surface area contributed by atoms with E-state index in [9.17, 15) is 9.59 Å². The van der Waals surface area contributed by atoms with Crippen LogP contribution in [-0.2, 0) is 9.53 Å². The van der Waals surface area contributed by atoms with Crippen molar-refractivity contribution in [2.45, 2.75) is 6.92 Å². The van der Waals surface area contributed by atoms with Crippen molar-refractivity contribution < 1.29 is 14.3 Å². The number of ether oxygens (including phenoxy) is 1. The number of anilines is 1. The third-order valence-electron chi connectivity index (χ3n) is 2.99. The van der Waals surface area contributed by atoms with Gasteiger partial charge in [-0.05, 0) is 42.8 Å². The third-order valence-corrected chi connectivity index (χ3v) is 2.99. The molecule has 1 amide bonds. The van der Waals surface area contributed by atoms with E-state index in [-0.39, 0.29) is 18.1 Å². The third kappa shape index (κ3) is 4.52. The number of benzene rings is 1. The van der Waals surface area contributed by atoms with E-state index in [1.807, 2.05) is 6.07 Å². The first kappa shape index (κ1) is 16.9. The van der Waals surface area contributed by atoms with Gasteiger partial charge in [-0.25, -0.2) is 4.79 Å². The molecule has 0 unspecified atom stereocenters. The van der Waals surface area contributed by atoms with Crippen molar-refractivity contribution in [2.24, 2.45) is 0 Å². The van der Waals surface area contributed by atoms with Gasteiger partial charge in [0.25, 0.3) is 5.91 Å². The number of esters is 1. The molecular weight excluding hydrogens is 306 g/mol. The normalized spacial score (nSPS) is 10.6. The average molecular weight is 321 g/mol. The Morgan fingerprint density at radius 1 is 1.25 bits per heavy atom. The summed E-state index contributed by atoms with van der Waals surface area (Å²) in [6, 6.07) is 13.6. The monoisotopic (exact) mass is 321 g/mol. The highest BCUT2D eigenvalue weighted by atomic mass is 16.5. The van der Waals surface area contributed by atoms with Gasteiger partial charge in [0.1, 0.15) is 17.3 Å². The number of nitrogens with zero attached hydrogens (tertiary/aromatic N) is 2. The summed E-state index contributed by atoms with van der Waals surface area (Å²) in [6.45, 7) is 1.88. The molecule has 24 heavy (non-hydrogen) atoms. The minimum absolute atomic E-state index is 0.0814. The second-order valence-corrected chi connectivity index (χ2v) is 4.68. The van der Waals surface area contributed by atoms with Gasteiger partial charge in [0.15, 0.2) is 0 Å². The molecule has 0 fully saturated rings. The fraction of sp³-hybridized carbons (Fsp3) is 0.111. The number of nitrogens with one attached hydrogen (secondary N) is 1. The van der Waals surface area contributed by atoms with Crippen molar-refractivity contribution >= 4 is 23.6 Å². The minimum atomic E-state index is -0.660. The average Bonchev–Trinajstić information content (AvgIpc) is 2.62. The maximum Gasteiger partial charge on any atom is 0.348 e. The van der Waals surface area contributed by atoms with Gasteiger partial charge >= 0.3 is 5.97 Å². The Bertz CT molecular complexity index is 791. The Balaban J connectivity index is 2.09. The number of carbonyl (C=O) groups is 2. The van der Waals surface area contributed by atoms with Gasteiger partial charge in [-0.15, -0.1) is 0 Å². The molecule has 0 saturated heterocycles. The number of rotatable bonds is 5. The molecule has 2 aromatic rings. The van der Waals surface area contributed by atoms with Gasteiger partial charge in [0.2, 0.25) is 0 Å². The molecule has 120 valence electrons. The summed E-state index contributed by atoms with van der Waals surface area (Å²) in [7, 11) is 0. The van der Waals surface area contributed by atoms with Crippen molar-refractivity contribution in [3.05, 3.63) is 65.5 Å². The summed E-state index contributed by atoms with van der Waals surface area (Å²) in [4.78, 5) is 27.5. The van der Waals surface area contributed by atoms with E-state index in [1.165, 1.54) is 6.08 Å². The zero-order chi connectivity index (χ0) is 17.4. The van der Waals surface area contributed by atoms with Crippen molar-refractivity contribution in [1.82, 2.24) is 4.98 Å². The fourth-order valence-corrected chi connectivity index (χ4v) is 1.87. The van der Waals surface area contributed by atoms with Gasteiger partial charge in [-0.3, -0.25) is 9.78 Å². The van der Waals surface area contributed by atoms with Crippen LogP contribution in [-0.4, -0.2) is 23.5 Å². The Morgan fingerprint density at radius 3 is 2.58 bits per heavy atom. The van der Waals surface area contributed by atoms with Crippen LogP contribution in [0.25, 0.3) is 6.08 Å². The Morgan fingerprint density at radius 2 is 2.00 bits per heavy atom. The van der Waals surface area contributed by atoms with E-state index in [0.717, 1.165) is 0 Å². The van der Waals surface area contributed by atoms with Crippen LogP contribution in [0.2, 0.25) is 0 Å². The smallest absolute Gasteiger partial charge is 0.348 e. The van der Waals surface area contributed by atoms with Gasteiger partial charge in [0.05, 0.1) is 6.61 Å². The molecule has 1 aromatic heterocycles. The molecule has 0 radical (unpaired) electrons. The second kappa shape index (κ2) is 8.25. The number of hydrogen-bond acceptors (Lipinski definition) is 5. The number of amides is 1. The summed E-state index contributed by atoms with van der Waals surface area (Å²) in [5, 5.41) is 11.7. The van der Waals surface area contributed by atoms with Crippen molar-refractivity contribution in [3.8, 4) is 6.07 Å². The maximum atomic E-state index is 12.0. The second-order valence-electron chi connectivity index (χ2n) is 4.68. The first-order valence-corrected chi connectivity index (χ1v) is 7.25. The van der Waals surface area contributed by atoms with Crippen molar-refractivity contribution in [2.75, 3.05) is 11.9 Å². The molecule has 2 rings (SSSR count). The van der Waals surface area contributed by atoms with Gasteiger partial charge in [-0.2, -0.15) is 5.26 Å². The van der Waals surface area contributed by atoms with Crippen molar-refractivity contribution in [3.63, 3.8) is 0 Å². The molecule has 0 bridgehead atoms. The highest BCUT2D eigenvalue weighted by molar-refractivity contribution is 6.03. The molecule has 0 atom stereocenters. The number of aromatic nitrogens is 1. The zero-order valence-electron chi connectivity index (χ0n) is 13.0. The molecule has 6 nitrogen and oxygen atoms in total. The molecule has 1 N–H and O–H groups in total. The lowest BCUT2D eigenvalue weighted by molar-refractivity contribution is -0.137. The molecule has 0 spiro atoms. The summed E-state index contributed by atoms with van der Waals surface area (Å²) in [5.74, 6) is -0.976. The van der Waals surface area contributed by atoms with E-state index >= 15 is 0 Å². The zero-order valence-corrected chi connectivity index (χ0v) is 13.0. The van der Waals surface area contributed by atoms with Crippen LogP contribution in [0.4, 0.5) is 5.69 Å². The molecule has 6 heteroatoms. The Labute approximate surface area is 139 Å². The highest BCUT2D eigenvalue weighted by Crippen LogP contribution is 2.14. The summed E-state index contributed by atoms with van der Waals surface area (Å²) in [6.07, 6.45) is 2.98. The van der Waals surface area contributed by atoms with Crippen LogP contribution in [0, 0.1) is 11.3 Å². The van der Waals surface area contributed by atoms with Crippen LogP contribution < -0.4 is 5.32 Å². The van der Waals surface area contributed by atoms with Crippen LogP contribution in [0.1, 0.15) is 23.0 Å². The van der Waals surface area contributed by atoms with Crippen LogP contribution in [0.3, 0.4) is 0 Å². The van der Waals surface area contributed by atoms with Crippen LogP contribution >= 0.6 is 0 Å². The number of hydrogen-bond donors (Lipinski definition) is 1. The predicted octanol–water partition coefficient (Wildman–Crippen LogP) is 2.80. The number of pyridine rings is 1. The van der Waals surface area contributed by atoms with Crippen molar-refractivity contribution in [1.29, 1.82) is 5.26 Å². The lowest BCUT2D eigenvalue weighted by Gasteiger charge is -2.05. The van der Waals surface area contributed by atoms with E-state index in [1.54, 1.807) is 55.6 Å². The molecule has 0 saturated carbocycles. The van der Waals surface area contributed by atoms with Gasteiger partial charge in [0, 0.05) is 11.9 Å². The minimum Gasteiger partial charge on any atom is -0.462 e. The maximum absolute atomic E-state index is 12.0. The predicted molar refractivity (Wildman–Crippen MR) is 88.9 cm³/mol. The summed E-state index contributed by atoms with van der Waals surface area (Å²) in [5.41, 5.74) is 1.46. The van der Waals surface area contributed by atoms with E-state index in [2.05, 4.69) is 10.3 Å². The quantitative estimate of drug-likeness (QED) is 0.519. The van der Waals surface area contributed by atoms with Gasteiger partial charge < -0.3 is 10.1 Å². The summed E-state index contributed by atoms with van der Waals surface area (Å²) < 4.78 is 4.80. The van der Waals surface area contributed by atoms with E-state index in [0.29, 0.717) is 16.9 Å².